The molecule has 0 saturated heterocycles. The molecule has 0 saturated carbocycles. The maximum Gasteiger partial charge on any atom is -0.00251 e. The summed E-state index contributed by atoms with van der Waals surface area (Å²) in [7, 11) is 0. The zero-order valence-corrected chi connectivity index (χ0v) is 17.8. The summed E-state index contributed by atoms with van der Waals surface area (Å²) in [6.45, 7) is 8.69. The summed E-state index contributed by atoms with van der Waals surface area (Å²) in [5, 5.41) is 0. The van der Waals surface area contributed by atoms with Gasteiger partial charge in [0.2, 0.25) is 0 Å². The third-order valence-corrected chi connectivity index (χ3v) is 5.39. The fourth-order valence-electron chi connectivity index (χ4n) is 4.15. The number of aryl methyl sites for hydroxylation is 4. The zero-order valence-electron chi connectivity index (χ0n) is 17.8. The molecule has 0 spiro atoms. The van der Waals surface area contributed by atoms with Gasteiger partial charge >= 0.3 is 0 Å². The van der Waals surface area contributed by atoms with Crippen molar-refractivity contribution in [3.63, 3.8) is 0 Å². The lowest BCUT2D eigenvalue weighted by molar-refractivity contribution is 1.17. The summed E-state index contributed by atoms with van der Waals surface area (Å²) in [5.41, 5.74) is 13.1. The molecular formula is C29H28. The van der Waals surface area contributed by atoms with Crippen LogP contribution >= 0.6 is 0 Å². The second-order valence-electron chi connectivity index (χ2n) is 8.33. The summed E-state index contributed by atoms with van der Waals surface area (Å²) >= 11 is 0. The Bertz CT molecular complexity index is 1070. The SMILES string of the molecule is Cc1cccc(-c2cc(C)cc(Cc3cc(C)cc(-c4cccc(C)c4)c3)c2)c1. The second-order valence-corrected chi connectivity index (χ2v) is 8.33. The highest BCUT2D eigenvalue weighted by Gasteiger charge is 2.06. The molecule has 0 heterocycles. The quantitative estimate of drug-likeness (QED) is 0.340. The fraction of sp³-hybridized carbons (Fsp3) is 0.172. The van der Waals surface area contributed by atoms with Gasteiger partial charge < -0.3 is 0 Å². The lowest BCUT2D eigenvalue weighted by atomic mass is 9.93. The Kier molecular flexibility index (Phi) is 5.36. The highest BCUT2D eigenvalue weighted by molar-refractivity contribution is 5.68. The van der Waals surface area contributed by atoms with Crippen molar-refractivity contribution in [3.8, 4) is 22.3 Å². The lowest BCUT2D eigenvalue weighted by Gasteiger charge is -2.12. The molecule has 0 nitrogen and oxygen atoms in total. The van der Waals surface area contributed by atoms with Crippen molar-refractivity contribution < 1.29 is 0 Å². The Balaban J connectivity index is 1.69. The normalized spacial score (nSPS) is 10.9. The molecule has 4 rings (SSSR count). The van der Waals surface area contributed by atoms with Crippen LogP contribution in [-0.4, -0.2) is 0 Å². The van der Waals surface area contributed by atoms with Crippen LogP contribution in [0.1, 0.15) is 33.4 Å². The van der Waals surface area contributed by atoms with E-state index >= 15 is 0 Å². The molecule has 0 atom stereocenters. The average molecular weight is 377 g/mol. The van der Waals surface area contributed by atoms with Gasteiger partial charge in [0, 0.05) is 0 Å². The Morgan fingerprint density at radius 3 is 1.24 bits per heavy atom. The van der Waals surface area contributed by atoms with Crippen LogP contribution in [0.2, 0.25) is 0 Å². The molecule has 0 bridgehead atoms. The highest BCUT2D eigenvalue weighted by atomic mass is 14.1. The Labute approximate surface area is 174 Å². The van der Waals surface area contributed by atoms with Crippen LogP contribution in [0.15, 0.2) is 84.9 Å². The van der Waals surface area contributed by atoms with E-state index in [1.165, 1.54) is 55.6 Å². The van der Waals surface area contributed by atoms with E-state index in [0.717, 1.165) is 6.42 Å². The summed E-state index contributed by atoms with van der Waals surface area (Å²) in [5.74, 6) is 0. The van der Waals surface area contributed by atoms with Crippen LogP contribution in [0.25, 0.3) is 22.3 Å². The zero-order chi connectivity index (χ0) is 20.4. The number of benzene rings is 4. The Morgan fingerprint density at radius 1 is 0.414 bits per heavy atom. The van der Waals surface area contributed by atoms with Gasteiger partial charge in [-0.1, -0.05) is 107 Å². The molecule has 0 aliphatic rings. The van der Waals surface area contributed by atoms with Crippen molar-refractivity contribution in [2.24, 2.45) is 0 Å². The highest BCUT2D eigenvalue weighted by Crippen LogP contribution is 2.27. The van der Waals surface area contributed by atoms with Gasteiger partial charge in [-0.05, 0) is 67.5 Å². The minimum Gasteiger partial charge on any atom is -0.0614 e. The first-order chi connectivity index (χ1) is 14.0. The van der Waals surface area contributed by atoms with Crippen LogP contribution in [0.3, 0.4) is 0 Å². The first-order valence-electron chi connectivity index (χ1n) is 10.3. The summed E-state index contributed by atoms with van der Waals surface area (Å²) in [4.78, 5) is 0. The summed E-state index contributed by atoms with van der Waals surface area (Å²) < 4.78 is 0. The molecule has 0 aliphatic carbocycles. The molecule has 4 aromatic carbocycles. The van der Waals surface area contributed by atoms with E-state index in [-0.39, 0.29) is 0 Å². The molecule has 4 aromatic rings. The topological polar surface area (TPSA) is 0 Å². The largest absolute Gasteiger partial charge is 0.0614 e. The van der Waals surface area contributed by atoms with Crippen LogP contribution in [0.5, 0.6) is 0 Å². The van der Waals surface area contributed by atoms with Gasteiger partial charge in [-0.2, -0.15) is 0 Å². The molecule has 0 aliphatic heterocycles. The predicted molar refractivity (Wildman–Crippen MR) is 126 cm³/mol. The monoisotopic (exact) mass is 376 g/mol. The molecule has 0 radical (unpaired) electrons. The van der Waals surface area contributed by atoms with E-state index in [1.54, 1.807) is 0 Å². The van der Waals surface area contributed by atoms with Crippen molar-refractivity contribution in [1.82, 2.24) is 0 Å². The Morgan fingerprint density at radius 2 is 0.828 bits per heavy atom. The third-order valence-electron chi connectivity index (χ3n) is 5.39. The summed E-state index contributed by atoms with van der Waals surface area (Å²) in [6.07, 6.45) is 0.945. The van der Waals surface area contributed by atoms with E-state index in [9.17, 15) is 0 Å². The number of rotatable bonds is 4. The summed E-state index contributed by atoms with van der Waals surface area (Å²) in [6, 6.07) is 31.4. The van der Waals surface area contributed by atoms with Crippen molar-refractivity contribution in [2.75, 3.05) is 0 Å². The van der Waals surface area contributed by atoms with Crippen LogP contribution in [0.4, 0.5) is 0 Å². The Hall–Kier alpha value is -3.12. The van der Waals surface area contributed by atoms with Gasteiger partial charge in [-0.3, -0.25) is 0 Å². The van der Waals surface area contributed by atoms with E-state index < -0.39 is 0 Å². The van der Waals surface area contributed by atoms with E-state index in [4.69, 9.17) is 0 Å². The molecule has 0 N–H and O–H groups in total. The minimum absolute atomic E-state index is 0.945. The van der Waals surface area contributed by atoms with Gasteiger partial charge in [0.05, 0.1) is 0 Å². The van der Waals surface area contributed by atoms with Gasteiger partial charge in [0.1, 0.15) is 0 Å². The maximum absolute atomic E-state index is 2.34. The number of hydrogen-bond donors (Lipinski definition) is 0. The van der Waals surface area contributed by atoms with Gasteiger partial charge in [0.25, 0.3) is 0 Å². The molecule has 0 amide bonds. The predicted octanol–water partition coefficient (Wildman–Crippen LogP) is 7.85. The van der Waals surface area contributed by atoms with Crippen molar-refractivity contribution in [1.29, 1.82) is 0 Å². The molecule has 0 unspecified atom stereocenters. The smallest absolute Gasteiger partial charge is 0.00251 e. The van der Waals surface area contributed by atoms with Gasteiger partial charge in [0.15, 0.2) is 0 Å². The molecular weight excluding hydrogens is 348 g/mol. The van der Waals surface area contributed by atoms with Crippen LogP contribution in [-0.2, 0) is 6.42 Å². The second kappa shape index (κ2) is 8.09. The van der Waals surface area contributed by atoms with E-state index in [0.29, 0.717) is 0 Å². The van der Waals surface area contributed by atoms with E-state index in [2.05, 4.69) is 113 Å². The molecule has 0 fully saturated rings. The van der Waals surface area contributed by atoms with Gasteiger partial charge in [-0.15, -0.1) is 0 Å². The van der Waals surface area contributed by atoms with Crippen molar-refractivity contribution in [2.45, 2.75) is 34.1 Å². The molecule has 144 valence electrons. The standard InChI is InChI=1S/C29H28/c1-20-7-5-9-26(13-20)28-15-22(3)11-24(18-28)17-25-12-23(4)16-29(19-25)27-10-6-8-21(2)14-27/h5-16,18-19H,17H2,1-4H3. The van der Waals surface area contributed by atoms with Crippen molar-refractivity contribution in [3.05, 3.63) is 118 Å². The fourth-order valence-corrected chi connectivity index (χ4v) is 4.15. The number of hydrogen-bond acceptors (Lipinski definition) is 0. The molecule has 0 heteroatoms. The first kappa shape index (κ1) is 19.2. The van der Waals surface area contributed by atoms with Gasteiger partial charge in [-0.25, -0.2) is 0 Å². The third kappa shape index (κ3) is 4.66. The van der Waals surface area contributed by atoms with Crippen LogP contribution in [0, 0.1) is 27.7 Å². The molecule has 29 heavy (non-hydrogen) atoms. The first-order valence-corrected chi connectivity index (χ1v) is 10.3. The maximum atomic E-state index is 2.34. The van der Waals surface area contributed by atoms with Crippen molar-refractivity contribution >= 4 is 0 Å². The molecule has 0 aromatic heterocycles. The average Bonchev–Trinajstić information content (AvgIpc) is 2.67. The minimum atomic E-state index is 0.945. The van der Waals surface area contributed by atoms with E-state index in [1.807, 2.05) is 0 Å². The lowest BCUT2D eigenvalue weighted by Crippen LogP contribution is -1.93. The van der Waals surface area contributed by atoms with Crippen LogP contribution < -0.4 is 0 Å².